The van der Waals surface area contributed by atoms with Gasteiger partial charge in [-0.1, -0.05) is 106 Å². The van der Waals surface area contributed by atoms with Crippen LogP contribution in [0.25, 0.3) is 0 Å². The molecule has 2 atom stereocenters. The zero-order chi connectivity index (χ0) is 31.9. The van der Waals surface area contributed by atoms with Crippen molar-refractivity contribution in [1.82, 2.24) is 0 Å². The maximum atomic E-state index is 13.1. The fourth-order valence-corrected chi connectivity index (χ4v) is 6.17. The van der Waals surface area contributed by atoms with E-state index >= 15 is 0 Å². The van der Waals surface area contributed by atoms with Crippen molar-refractivity contribution in [2.75, 3.05) is 13.2 Å². The lowest BCUT2D eigenvalue weighted by Crippen LogP contribution is -2.39. The second kappa shape index (κ2) is 18.1. The van der Waals surface area contributed by atoms with Crippen LogP contribution in [-0.2, 0) is 51.0 Å². The standard InChI is InChI=1S/C37H46O8/c1-27(35(39)45-34(31-20-12-5-13-21-31)37(41)43-25-23-29-16-8-3-9-17-29)26-32(38)44-33(30-18-10-4-11-19-30)36(40)42-24-22-28-14-6-2-7-15-28/h2-3,6-9,14-17,30-31,33-34H,1,4-5,10-13,18-26H2. The summed E-state index contributed by atoms with van der Waals surface area (Å²) in [7, 11) is 0. The molecule has 2 aromatic carbocycles. The molecule has 2 fully saturated rings. The van der Waals surface area contributed by atoms with Crippen molar-refractivity contribution in [3.05, 3.63) is 83.9 Å². The van der Waals surface area contributed by atoms with Gasteiger partial charge in [0.05, 0.1) is 19.6 Å². The Balaban J connectivity index is 1.31. The minimum atomic E-state index is -1.07. The number of esters is 4. The molecule has 0 N–H and O–H groups in total. The molecule has 4 rings (SSSR count). The van der Waals surface area contributed by atoms with Gasteiger partial charge in [0, 0.05) is 30.3 Å². The van der Waals surface area contributed by atoms with E-state index in [9.17, 15) is 19.2 Å². The van der Waals surface area contributed by atoms with Gasteiger partial charge in [-0.3, -0.25) is 4.79 Å². The molecule has 45 heavy (non-hydrogen) atoms. The molecular weight excluding hydrogens is 572 g/mol. The quantitative estimate of drug-likeness (QED) is 0.127. The number of benzene rings is 2. The van der Waals surface area contributed by atoms with Crippen molar-refractivity contribution in [2.24, 2.45) is 11.8 Å². The number of carbonyl (C=O) groups excluding carboxylic acids is 4. The maximum absolute atomic E-state index is 13.1. The molecule has 242 valence electrons. The number of carbonyl (C=O) groups is 4. The lowest BCUT2D eigenvalue weighted by molar-refractivity contribution is -0.173. The molecule has 2 saturated carbocycles. The van der Waals surface area contributed by atoms with Crippen LogP contribution in [-0.4, -0.2) is 49.3 Å². The first-order valence-electron chi connectivity index (χ1n) is 16.4. The summed E-state index contributed by atoms with van der Waals surface area (Å²) in [5.74, 6) is -3.07. The van der Waals surface area contributed by atoms with Gasteiger partial charge in [0.2, 0.25) is 12.2 Å². The van der Waals surface area contributed by atoms with E-state index in [1.807, 2.05) is 60.7 Å². The highest BCUT2D eigenvalue weighted by Gasteiger charge is 2.37. The van der Waals surface area contributed by atoms with E-state index in [4.69, 9.17) is 18.9 Å². The van der Waals surface area contributed by atoms with Crippen molar-refractivity contribution in [2.45, 2.75) is 95.7 Å². The van der Waals surface area contributed by atoms with E-state index in [1.165, 1.54) is 0 Å². The van der Waals surface area contributed by atoms with E-state index in [0.717, 1.165) is 75.3 Å². The molecule has 0 bridgehead atoms. The predicted octanol–water partition coefficient (Wildman–Crippen LogP) is 6.49. The Morgan fingerprint density at radius 2 is 1.04 bits per heavy atom. The summed E-state index contributed by atoms with van der Waals surface area (Å²) >= 11 is 0. The van der Waals surface area contributed by atoms with Gasteiger partial charge in [-0.25, -0.2) is 14.4 Å². The molecule has 0 amide bonds. The molecule has 2 aliphatic carbocycles. The summed E-state index contributed by atoms with van der Waals surface area (Å²) in [6, 6.07) is 19.4. The second-order valence-corrected chi connectivity index (χ2v) is 12.1. The van der Waals surface area contributed by atoms with E-state index in [1.54, 1.807) is 0 Å². The van der Waals surface area contributed by atoms with E-state index < -0.39 is 42.5 Å². The highest BCUT2D eigenvalue weighted by atomic mass is 16.6. The summed E-state index contributed by atoms with van der Waals surface area (Å²) in [5.41, 5.74) is 1.94. The van der Waals surface area contributed by atoms with Gasteiger partial charge in [0.15, 0.2) is 0 Å². The summed E-state index contributed by atoms with van der Waals surface area (Å²) < 4.78 is 22.4. The normalized spacial score (nSPS) is 17.0. The van der Waals surface area contributed by atoms with Gasteiger partial charge >= 0.3 is 23.9 Å². The Kier molecular flexibility index (Phi) is 13.7. The molecule has 2 aliphatic rings. The highest BCUT2D eigenvalue weighted by molar-refractivity contribution is 5.95. The van der Waals surface area contributed by atoms with Crippen molar-refractivity contribution in [3.63, 3.8) is 0 Å². The molecule has 8 heteroatoms. The average Bonchev–Trinajstić information content (AvgIpc) is 3.07. The van der Waals surface area contributed by atoms with Crippen molar-refractivity contribution in [1.29, 1.82) is 0 Å². The first kappa shape index (κ1) is 33.9. The van der Waals surface area contributed by atoms with Crippen LogP contribution in [0.5, 0.6) is 0 Å². The Morgan fingerprint density at radius 3 is 1.49 bits per heavy atom. The summed E-state index contributed by atoms with van der Waals surface area (Å²) in [4.78, 5) is 52.3. The van der Waals surface area contributed by atoms with Gasteiger partial charge in [0.25, 0.3) is 0 Å². The highest BCUT2D eigenvalue weighted by Crippen LogP contribution is 2.31. The fraction of sp³-hybridized carbons (Fsp3) is 0.514. The predicted molar refractivity (Wildman–Crippen MR) is 169 cm³/mol. The number of hydrogen-bond acceptors (Lipinski definition) is 8. The Labute approximate surface area is 266 Å². The third-order valence-electron chi connectivity index (χ3n) is 8.72. The lowest BCUT2D eigenvalue weighted by Gasteiger charge is -2.29. The molecule has 2 aromatic rings. The fourth-order valence-electron chi connectivity index (χ4n) is 6.17. The monoisotopic (exact) mass is 618 g/mol. The molecule has 0 radical (unpaired) electrons. The molecule has 0 heterocycles. The Bertz CT molecular complexity index is 1250. The third-order valence-corrected chi connectivity index (χ3v) is 8.72. The van der Waals surface area contributed by atoms with Crippen LogP contribution in [0.15, 0.2) is 72.8 Å². The van der Waals surface area contributed by atoms with E-state index in [2.05, 4.69) is 6.58 Å². The van der Waals surface area contributed by atoms with Gasteiger partial charge in [-0.2, -0.15) is 0 Å². The van der Waals surface area contributed by atoms with Crippen LogP contribution in [0.4, 0.5) is 0 Å². The summed E-state index contributed by atoms with van der Waals surface area (Å²) in [5, 5.41) is 0. The van der Waals surface area contributed by atoms with Crippen LogP contribution in [0.3, 0.4) is 0 Å². The molecule has 8 nitrogen and oxygen atoms in total. The van der Waals surface area contributed by atoms with Gasteiger partial charge in [0.1, 0.15) is 0 Å². The minimum absolute atomic E-state index is 0.141. The smallest absolute Gasteiger partial charge is 0.347 e. The maximum Gasteiger partial charge on any atom is 0.347 e. The van der Waals surface area contributed by atoms with Crippen molar-refractivity contribution < 1.29 is 38.1 Å². The zero-order valence-corrected chi connectivity index (χ0v) is 26.2. The molecule has 0 aliphatic heterocycles. The van der Waals surface area contributed by atoms with Crippen LogP contribution in [0, 0.1) is 11.8 Å². The Morgan fingerprint density at radius 1 is 0.622 bits per heavy atom. The zero-order valence-electron chi connectivity index (χ0n) is 26.2. The number of ether oxygens (including phenoxy) is 4. The summed E-state index contributed by atoms with van der Waals surface area (Å²) in [6.07, 6.45) is 7.42. The Hall–Kier alpha value is -3.94. The first-order chi connectivity index (χ1) is 21.9. The average molecular weight is 619 g/mol. The molecule has 0 aromatic heterocycles. The van der Waals surface area contributed by atoms with E-state index in [0.29, 0.717) is 12.8 Å². The molecular formula is C37H46O8. The van der Waals surface area contributed by atoms with E-state index in [-0.39, 0.29) is 30.6 Å². The van der Waals surface area contributed by atoms with Crippen molar-refractivity contribution >= 4 is 23.9 Å². The molecule has 0 saturated heterocycles. The van der Waals surface area contributed by atoms with Gasteiger partial charge in [-0.15, -0.1) is 0 Å². The van der Waals surface area contributed by atoms with Gasteiger partial charge in [-0.05, 0) is 36.8 Å². The largest absolute Gasteiger partial charge is 0.463 e. The lowest BCUT2D eigenvalue weighted by atomic mass is 9.85. The minimum Gasteiger partial charge on any atom is -0.463 e. The van der Waals surface area contributed by atoms with Crippen LogP contribution >= 0.6 is 0 Å². The van der Waals surface area contributed by atoms with Crippen LogP contribution in [0.1, 0.15) is 81.8 Å². The SMILES string of the molecule is C=C(CC(=O)OC(C(=O)OCCc1ccccc1)C1CCCCC1)C(=O)OC(C(=O)OCCc1ccccc1)C1CCCCC1. The molecule has 0 spiro atoms. The third kappa shape index (κ3) is 11.2. The van der Waals surface area contributed by atoms with Crippen molar-refractivity contribution in [3.8, 4) is 0 Å². The topological polar surface area (TPSA) is 105 Å². The summed E-state index contributed by atoms with van der Waals surface area (Å²) in [6.45, 7) is 4.10. The van der Waals surface area contributed by atoms with Crippen LogP contribution in [0.2, 0.25) is 0 Å². The second-order valence-electron chi connectivity index (χ2n) is 12.1. The van der Waals surface area contributed by atoms with Gasteiger partial charge < -0.3 is 18.9 Å². The number of hydrogen-bond donors (Lipinski definition) is 0. The molecule has 2 unspecified atom stereocenters. The first-order valence-corrected chi connectivity index (χ1v) is 16.4. The van der Waals surface area contributed by atoms with Crippen LogP contribution < -0.4 is 0 Å². The number of rotatable bonds is 15.